The van der Waals surface area contributed by atoms with E-state index >= 15 is 0 Å². The summed E-state index contributed by atoms with van der Waals surface area (Å²) in [7, 11) is 0. The molecule has 3 aromatic rings. The average Bonchev–Trinajstić information content (AvgIpc) is 3.02. The molecular weight excluding hydrogens is 560 g/mol. The third-order valence-electron chi connectivity index (χ3n) is 9.83. The van der Waals surface area contributed by atoms with E-state index < -0.39 is 40.2 Å². The van der Waals surface area contributed by atoms with Gasteiger partial charge in [-0.05, 0) is 68.9 Å². The number of non-ortho nitro benzene ring substituents is 1. The monoisotopic (exact) mass is 598 g/mol. The number of aliphatic carboxylic acids is 2. The van der Waals surface area contributed by atoms with Crippen LogP contribution in [0.2, 0.25) is 0 Å². The molecule has 10 heteroatoms. The first-order valence-electron chi connectivity index (χ1n) is 15.0. The molecule has 1 saturated heterocycles. The number of carbonyl (C=O) groups is 2. The topological polar surface area (TPSA) is 159 Å². The van der Waals surface area contributed by atoms with E-state index in [4.69, 9.17) is 5.73 Å². The third-order valence-corrected chi connectivity index (χ3v) is 9.83. The zero-order chi connectivity index (χ0) is 31.5. The van der Waals surface area contributed by atoms with Gasteiger partial charge in [-0.25, -0.2) is 0 Å². The largest absolute Gasteiger partial charge is 0.481 e. The predicted octanol–water partition coefficient (Wildman–Crippen LogP) is 5.07. The van der Waals surface area contributed by atoms with Crippen LogP contribution in [-0.4, -0.2) is 63.5 Å². The molecule has 0 bridgehead atoms. The third kappa shape index (κ3) is 5.57. The molecule has 0 amide bonds. The summed E-state index contributed by atoms with van der Waals surface area (Å²) in [5, 5.41) is 32.5. The van der Waals surface area contributed by atoms with Crippen LogP contribution in [0.25, 0.3) is 0 Å². The van der Waals surface area contributed by atoms with E-state index in [-0.39, 0.29) is 28.9 Å². The fraction of sp³-hybridized carbons (Fsp3) is 0.382. The minimum Gasteiger partial charge on any atom is -0.481 e. The van der Waals surface area contributed by atoms with Gasteiger partial charge in [-0.3, -0.25) is 24.7 Å². The van der Waals surface area contributed by atoms with Crippen molar-refractivity contribution < 1.29 is 24.7 Å². The molecule has 0 aromatic heterocycles. The molecule has 0 saturated carbocycles. The molecule has 3 aromatic carbocycles. The van der Waals surface area contributed by atoms with Gasteiger partial charge in [0, 0.05) is 23.5 Å². The Balaban J connectivity index is 1.40. The minimum absolute atomic E-state index is 0.118. The number of hydrogen-bond donors (Lipinski definition) is 3. The molecule has 44 heavy (non-hydrogen) atoms. The molecule has 2 aliphatic heterocycles. The van der Waals surface area contributed by atoms with Crippen molar-refractivity contribution in [3.8, 4) is 0 Å². The first-order valence-corrected chi connectivity index (χ1v) is 15.0. The van der Waals surface area contributed by atoms with E-state index in [1.807, 2.05) is 12.1 Å². The molecule has 4 unspecified atom stereocenters. The van der Waals surface area contributed by atoms with Gasteiger partial charge in [0.2, 0.25) is 0 Å². The van der Waals surface area contributed by atoms with Gasteiger partial charge in [-0.1, -0.05) is 72.8 Å². The van der Waals surface area contributed by atoms with E-state index in [0.29, 0.717) is 13.0 Å². The molecule has 4 atom stereocenters. The molecule has 0 spiro atoms. The van der Waals surface area contributed by atoms with Crippen LogP contribution < -0.4 is 5.73 Å². The molecule has 0 radical (unpaired) electrons. The highest BCUT2D eigenvalue weighted by Gasteiger charge is 2.58. The zero-order valence-electron chi connectivity index (χ0n) is 24.7. The van der Waals surface area contributed by atoms with Crippen LogP contribution in [0.4, 0.5) is 5.69 Å². The van der Waals surface area contributed by atoms with Crippen LogP contribution in [0, 0.1) is 21.4 Å². The van der Waals surface area contributed by atoms with Crippen LogP contribution >= 0.6 is 0 Å². The van der Waals surface area contributed by atoms with E-state index in [0.717, 1.165) is 25.9 Å². The van der Waals surface area contributed by atoms with Crippen molar-refractivity contribution in [2.75, 3.05) is 19.6 Å². The number of benzene rings is 3. The lowest BCUT2D eigenvalue weighted by Crippen LogP contribution is -2.56. The summed E-state index contributed by atoms with van der Waals surface area (Å²) in [4.78, 5) is 43.4. The Bertz CT molecular complexity index is 1500. The molecule has 4 N–H and O–H groups in total. The lowest BCUT2D eigenvalue weighted by atomic mass is 9.58. The number of carboxylic acids is 2. The van der Waals surface area contributed by atoms with Crippen molar-refractivity contribution in [3.05, 3.63) is 112 Å². The maximum atomic E-state index is 13.2. The number of nitrogens with two attached hydrogens (primary N) is 1. The molecule has 0 aliphatic carbocycles. The van der Waals surface area contributed by atoms with Gasteiger partial charge in [0.25, 0.3) is 5.69 Å². The second-order valence-corrected chi connectivity index (χ2v) is 12.0. The summed E-state index contributed by atoms with van der Waals surface area (Å²) >= 11 is 0. The van der Waals surface area contributed by atoms with Crippen LogP contribution in [0.15, 0.2) is 89.9 Å². The number of hydrogen-bond acceptors (Lipinski definition) is 7. The number of nitro benzene ring substituents is 1. The first-order chi connectivity index (χ1) is 21.1. The Morgan fingerprint density at radius 1 is 0.977 bits per heavy atom. The van der Waals surface area contributed by atoms with Crippen molar-refractivity contribution >= 4 is 23.5 Å². The highest BCUT2D eigenvalue weighted by Crippen LogP contribution is 2.52. The lowest BCUT2D eigenvalue weighted by Gasteiger charge is -2.46. The Kier molecular flexibility index (Phi) is 8.82. The Morgan fingerprint density at radius 2 is 1.57 bits per heavy atom. The second-order valence-electron chi connectivity index (χ2n) is 12.0. The molecule has 10 nitrogen and oxygen atoms in total. The minimum atomic E-state index is -1.63. The maximum Gasteiger partial charge on any atom is 0.314 e. The van der Waals surface area contributed by atoms with Crippen LogP contribution in [0.3, 0.4) is 0 Å². The first kappa shape index (κ1) is 30.9. The fourth-order valence-electron chi connectivity index (χ4n) is 7.53. The van der Waals surface area contributed by atoms with Gasteiger partial charge in [0.1, 0.15) is 11.8 Å². The SMILES string of the molecule is CC1N=C(N)C(C(=O)O)C(c2cccc([N+](=O)[O-])c2)C1(CCCN1CCC(c2ccccc2)(c2ccccc2)CC1)C(=O)O. The number of rotatable bonds is 10. The maximum absolute atomic E-state index is 13.2. The normalized spacial score (nSPS) is 25.1. The fourth-order valence-corrected chi connectivity index (χ4v) is 7.53. The van der Waals surface area contributed by atoms with Gasteiger partial charge < -0.3 is 20.8 Å². The highest BCUT2D eigenvalue weighted by molar-refractivity contribution is 6.02. The lowest BCUT2D eigenvalue weighted by molar-refractivity contribution is -0.385. The summed E-state index contributed by atoms with van der Waals surface area (Å²) in [6, 6.07) is 25.8. The van der Waals surface area contributed by atoms with Crippen molar-refractivity contribution in [1.29, 1.82) is 0 Å². The molecule has 2 heterocycles. The predicted molar refractivity (Wildman–Crippen MR) is 167 cm³/mol. The van der Waals surface area contributed by atoms with Crippen LogP contribution in [0.5, 0.6) is 0 Å². The Hall–Kier alpha value is -4.57. The van der Waals surface area contributed by atoms with Crippen LogP contribution in [-0.2, 0) is 15.0 Å². The van der Waals surface area contributed by atoms with E-state index in [2.05, 4.69) is 58.4 Å². The smallest absolute Gasteiger partial charge is 0.314 e. The van der Waals surface area contributed by atoms with Crippen molar-refractivity contribution in [3.63, 3.8) is 0 Å². The summed E-state index contributed by atoms with van der Waals surface area (Å²) in [6.45, 7) is 3.89. The summed E-state index contributed by atoms with van der Waals surface area (Å²) in [5.74, 6) is -5.25. The van der Waals surface area contributed by atoms with E-state index in [9.17, 15) is 29.9 Å². The van der Waals surface area contributed by atoms with Gasteiger partial charge >= 0.3 is 11.9 Å². The van der Waals surface area contributed by atoms with Gasteiger partial charge in [0.15, 0.2) is 0 Å². The molecule has 5 rings (SSSR count). The number of likely N-dealkylation sites (tertiary alicyclic amines) is 1. The number of amidine groups is 1. The standard InChI is InChI=1S/C34H38N4O6/c1-23-34(32(41)42,29(28(31(39)40)30(35)36-23)24-10-8-15-27(22-24)38(43)44)16-9-19-37-20-17-33(18-21-37,25-11-4-2-5-12-25)26-13-6-3-7-14-26/h2-8,10-15,22-23,28-29H,9,16-21H2,1H3,(H2,35,36)(H,39,40)(H,41,42). The molecule has 230 valence electrons. The summed E-state index contributed by atoms with van der Waals surface area (Å²) < 4.78 is 0. The van der Waals surface area contributed by atoms with Crippen molar-refractivity contribution in [2.24, 2.45) is 22.1 Å². The quantitative estimate of drug-likeness (QED) is 0.215. The van der Waals surface area contributed by atoms with Crippen LogP contribution in [0.1, 0.15) is 55.2 Å². The van der Waals surface area contributed by atoms with Gasteiger partial charge in [-0.15, -0.1) is 0 Å². The molecular formula is C34H38N4O6. The molecule has 1 fully saturated rings. The summed E-state index contributed by atoms with van der Waals surface area (Å²) in [6.07, 6.45) is 2.42. The average molecular weight is 599 g/mol. The molecule has 2 aliphatic rings. The summed E-state index contributed by atoms with van der Waals surface area (Å²) in [5.41, 5.74) is 6.94. The number of aliphatic imine (C=N–C) groups is 1. The Morgan fingerprint density at radius 3 is 2.09 bits per heavy atom. The number of nitrogens with zero attached hydrogens (tertiary/aromatic N) is 3. The number of carboxylic acid groups (broad SMARTS) is 2. The number of piperidine rings is 1. The van der Waals surface area contributed by atoms with Gasteiger partial charge in [0.05, 0.1) is 16.4 Å². The van der Waals surface area contributed by atoms with Crippen molar-refractivity contribution in [2.45, 2.75) is 50.0 Å². The number of nitro groups is 1. The van der Waals surface area contributed by atoms with E-state index in [1.54, 1.807) is 13.0 Å². The van der Waals surface area contributed by atoms with Crippen molar-refractivity contribution in [1.82, 2.24) is 4.90 Å². The Labute approximate surface area is 256 Å². The van der Waals surface area contributed by atoms with Gasteiger partial charge in [-0.2, -0.15) is 0 Å². The highest BCUT2D eigenvalue weighted by atomic mass is 16.6. The van der Waals surface area contributed by atoms with E-state index in [1.165, 1.54) is 29.3 Å². The zero-order valence-corrected chi connectivity index (χ0v) is 24.7. The second kappa shape index (κ2) is 12.6.